The van der Waals surface area contributed by atoms with E-state index in [1.54, 1.807) is 18.5 Å². The number of aromatic nitrogens is 2. The zero-order chi connectivity index (χ0) is 23.5. The van der Waals surface area contributed by atoms with Crippen LogP contribution in [0.2, 0.25) is 5.02 Å². The zero-order valence-corrected chi connectivity index (χ0v) is 22.4. The summed E-state index contributed by atoms with van der Waals surface area (Å²) in [4.78, 5) is 11.2. The van der Waals surface area contributed by atoms with Crippen molar-refractivity contribution < 1.29 is 18.6 Å². The van der Waals surface area contributed by atoms with Crippen molar-refractivity contribution in [2.75, 3.05) is 40.0 Å². The first-order chi connectivity index (χ1) is 16.6. The average Bonchev–Trinajstić information content (AvgIpc) is 2.87. The minimum Gasteiger partial charge on any atom is -0.493 e. The van der Waals surface area contributed by atoms with E-state index in [-0.39, 0.29) is 30.6 Å². The van der Waals surface area contributed by atoms with Crippen LogP contribution in [0.25, 0.3) is 10.9 Å². The van der Waals surface area contributed by atoms with Gasteiger partial charge in [-0.25, -0.2) is 4.39 Å². The van der Waals surface area contributed by atoms with Gasteiger partial charge in [-0.3, -0.25) is 9.97 Å². The zero-order valence-electron chi connectivity index (χ0n) is 20.0. The molecule has 11 heteroatoms. The first kappa shape index (κ1) is 28.5. The molecule has 5 rings (SSSR count). The van der Waals surface area contributed by atoms with Gasteiger partial charge < -0.3 is 24.4 Å². The number of benzene rings is 1. The lowest BCUT2D eigenvalue weighted by atomic mass is 10.0. The predicted molar refractivity (Wildman–Crippen MR) is 143 cm³/mol. The van der Waals surface area contributed by atoms with Crippen LogP contribution in [0.15, 0.2) is 30.6 Å². The van der Waals surface area contributed by atoms with Crippen LogP contribution in [-0.4, -0.2) is 60.9 Å². The van der Waals surface area contributed by atoms with E-state index >= 15 is 0 Å². The molecule has 3 aromatic rings. The normalized spacial score (nSPS) is 15.8. The molecule has 1 N–H and O–H groups in total. The summed E-state index contributed by atoms with van der Waals surface area (Å²) in [7, 11) is 1.47. The van der Waals surface area contributed by atoms with Crippen LogP contribution in [0.3, 0.4) is 0 Å². The third kappa shape index (κ3) is 6.23. The maximum Gasteiger partial charge on any atom is 0.179 e. The topological polar surface area (TPSA) is 68.7 Å². The SMILES string of the molecule is COc1c(F)ccc2ncc(Cl)c(CCN3CCC(NCc4cc5c(cn4)OCCO5)CC3)c12.Cl.Cl. The Morgan fingerprint density at radius 1 is 1.11 bits per heavy atom. The number of hydrogen-bond donors (Lipinski definition) is 1. The van der Waals surface area contributed by atoms with Gasteiger partial charge in [0.25, 0.3) is 0 Å². The summed E-state index contributed by atoms with van der Waals surface area (Å²) in [5.74, 6) is 1.29. The van der Waals surface area contributed by atoms with Gasteiger partial charge in [0, 0.05) is 31.4 Å². The van der Waals surface area contributed by atoms with Crippen LogP contribution >= 0.6 is 36.4 Å². The molecule has 1 saturated heterocycles. The van der Waals surface area contributed by atoms with Gasteiger partial charge >= 0.3 is 0 Å². The molecule has 0 radical (unpaired) electrons. The van der Waals surface area contributed by atoms with Crippen molar-refractivity contribution in [3.8, 4) is 17.2 Å². The van der Waals surface area contributed by atoms with Crippen LogP contribution in [-0.2, 0) is 13.0 Å². The Hall–Kier alpha value is -2.10. The van der Waals surface area contributed by atoms with E-state index in [4.69, 9.17) is 25.8 Å². The summed E-state index contributed by atoms with van der Waals surface area (Å²) < 4.78 is 30.8. The molecular weight excluding hydrogens is 530 g/mol. The molecule has 0 bridgehead atoms. The molecule has 196 valence electrons. The summed E-state index contributed by atoms with van der Waals surface area (Å²) in [5.41, 5.74) is 2.52. The highest BCUT2D eigenvalue weighted by Crippen LogP contribution is 2.34. The van der Waals surface area contributed by atoms with Gasteiger partial charge in [0.1, 0.15) is 13.2 Å². The molecule has 4 heterocycles. The van der Waals surface area contributed by atoms with Gasteiger partial charge in [0.05, 0.1) is 34.9 Å². The van der Waals surface area contributed by atoms with Crippen molar-refractivity contribution in [3.63, 3.8) is 0 Å². The molecule has 0 unspecified atom stereocenters. The number of nitrogens with one attached hydrogen (secondary N) is 1. The lowest BCUT2D eigenvalue weighted by Crippen LogP contribution is -2.43. The Bertz CT molecular complexity index is 1170. The predicted octanol–water partition coefficient (Wildman–Crippen LogP) is 4.84. The third-order valence-corrected chi connectivity index (χ3v) is 6.85. The molecule has 0 saturated carbocycles. The second-order valence-electron chi connectivity index (χ2n) is 8.63. The largest absolute Gasteiger partial charge is 0.493 e. The fourth-order valence-electron chi connectivity index (χ4n) is 4.68. The van der Waals surface area contributed by atoms with E-state index in [9.17, 15) is 4.39 Å². The van der Waals surface area contributed by atoms with Gasteiger partial charge in [-0.1, -0.05) is 11.6 Å². The highest BCUT2D eigenvalue weighted by molar-refractivity contribution is 6.32. The first-order valence-electron chi connectivity index (χ1n) is 11.6. The van der Waals surface area contributed by atoms with E-state index in [1.165, 1.54) is 13.2 Å². The fourth-order valence-corrected chi connectivity index (χ4v) is 4.92. The Morgan fingerprint density at radius 3 is 2.61 bits per heavy atom. The quantitative estimate of drug-likeness (QED) is 0.444. The van der Waals surface area contributed by atoms with Gasteiger partial charge in [0.15, 0.2) is 23.1 Å². The minimum absolute atomic E-state index is 0. The first-order valence-corrected chi connectivity index (χ1v) is 12.0. The Balaban J connectivity index is 0.00000180. The number of pyridine rings is 2. The van der Waals surface area contributed by atoms with Crippen LogP contribution in [0.1, 0.15) is 24.1 Å². The van der Waals surface area contributed by atoms with Gasteiger partial charge in [-0.05, 0) is 50.0 Å². The average molecular weight is 560 g/mol. The van der Waals surface area contributed by atoms with Gasteiger partial charge in [-0.2, -0.15) is 0 Å². The lowest BCUT2D eigenvalue weighted by Gasteiger charge is -2.32. The summed E-state index contributed by atoms with van der Waals surface area (Å²) >= 11 is 6.48. The highest BCUT2D eigenvalue weighted by Gasteiger charge is 2.21. The molecule has 36 heavy (non-hydrogen) atoms. The van der Waals surface area contributed by atoms with E-state index in [2.05, 4.69) is 20.2 Å². The second-order valence-corrected chi connectivity index (χ2v) is 9.03. The summed E-state index contributed by atoms with van der Waals surface area (Å²) in [6, 6.07) is 5.44. The molecule has 2 aliphatic rings. The van der Waals surface area contributed by atoms with Crippen LogP contribution in [0.4, 0.5) is 4.39 Å². The number of ether oxygens (including phenoxy) is 3. The molecule has 1 fully saturated rings. The number of methoxy groups -OCH3 is 1. The Kier molecular flexibility index (Phi) is 10.2. The summed E-state index contributed by atoms with van der Waals surface area (Å²) in [5, 5.41) is 4.83. The van der Waals surface area contributed by atoms with Crippen molar-refractivity contribution in [2.45, 2.75) is 31.8 Å². The molecule has 2 aliphatic heterocycles. The monoisotopic (exact) mass is 558 g/mol. The highest BCUT2D eigenvalue weighted by atomic mass is 35.5. The molecule has 2 aromatic heterocycles. The molecule has 1 aromatic carbocycles. The number of piperidine rings is 1. The van der Waals surface area contributed by atoms with E-state index < -0.39 is 5.82 Å². The van der Waals surface area contributed by atoms with Crippen LogP contribution in [0.5, 0.6) is 17.2 Å². The maximum absolute atomic E-state index is 14.3. The minimum atomic E-state index is -0.403. The number of halogens is 4. The van der Waals surface area contributed by atoms with E-state index in [1.807, 2.05) is 6.07 Å². The maximum atomic E-state index is 14.3. The van der Waals surface area contributed by atoms with Crippen molar-refractivity contribution in [3.05, 3.63) is 52.7 Å². The fraction of sp³-hybridized carbons (Fsp3) is 0.440. The van der Waals surface area contributed by atoms with Gasteiger partial charge in [-0.15, -0.1) is 24.8 Å². The second kappa shape index (κ2) is 12.9. The number of fused-ring (bicyclic) bond motifs is 2. The Morgan fingerprint density at radius 2 is 1.86 bits per heavy atom. The third-order valence-electron chi connectivity index (χ3n) is 6.52. The van der Waals surface area contributed by atoms with Crippen molar-refractivity contribution in [1.82, 2.24) is 20.2 Å². The Labute approximate surface area is 227 Å². The molecule has 0 aliphatic carbocycles. The molecule has 0 spiro atoms. The summed E-state index contributed by atoms with van der Waals surface area (Å²) in [6.07, 6.45) is 6.18. The lowest BCUT2D eigenvalue weighted by molar-refractivity contribution is 0.170. The number of hydrogen-bond acceptors (Lipinski definition) is 7. The number of likely N-dealkylation sites (tertiary alicyclic amines) is 1. The number of nitrogens with zero attached hydrogens (tertiary/aromatic N) is 3. The molecular formula is C25H30Cl3FN4O3. The van der Waals surface area contributed by atoms with E-state index in [0.717, 1.165) is 49.5 Å². The molecule has 0 amide bonds. The summed E-state index contributed by atoms with van der Waals surface area (Å²) in [6.45, 7) is 4.65. The van der Waals surface area contributed by atoms with Crippen molar-refractivity contribution in [1.29, 1.82) is 0 Å². The van der Waals surface area contributed by atoms with E-state index in [0.29, 0.717) is 53.9 Å². The molecule has 7 nitrogen and oxygen atoms in total. The number of rotatable bonds is 7. The standard InChI is InChI=1S/C25H28ClFN4O3.2ClH/c1-32-25-20(27)2-3-21-24(25)18(19(26)14-30-21)6-9-31-7-4-16(5-8-31)28-13-17-12-22-23(15-29-17)34-11-10-33-22;;/h2-3,12,14-16,28H,4-11,13H2,1H3;2*1H. The smallest absolute Gasteiger partial charge is 0.179 e. The molecule has 0 atom stereocenters. The van der Waals surface area contributed by atoms with Crippen molar-refractivity contribution >= 4 is 47.3 Å². The van der Waals surface area contributed by atoms with Crippen LogP contribution in [0, 0.1) is 5.82 Å². The van der Waals surface area contributed by atoms with Crippen molar-refractivity contribution in [2.24, 2.45) is 0 Å². The van der Waals surface area contributed by atoms with Gasteiger partial charge in [0.2, 0.25) is 0 Å². The van der Waals surface area contributed by atoms with Crippen LogP contribution < -0.4 is 19.5 Å².